The molecule has 0 heterocycles. The first-order valence-corrected chi connectivity index (χ1v) is 4.90. The van der Waals surface area contributed by atoms with Gasteiger partial charge >= 0.3 is 0 Å². The first kappa shape index (κ1) is 12.1. The minimum Gasteiger partial charge on any atom is -0.307 e. The Morgan fingerprint density at radius 2 is 2.07 bits per heavy atom. The second-order valence-corrected chi connectivity index (χ2v) is 3.58. The van der Waals surface area contributed by atoms with Gasteiger partial charge in [-0.2, -0.15) is 0 Å². The molecule has 0 fully saturated rings. The number of rotatable bonds is 5. The Bertz CT molecular complexity index is 315. The van der Waals surface area contributed by atoms with Crippen LogP contribution in [0.4, 0.5) is 8.78 Å². The third kappa shape index (κ3) is 3.93. The number of halogens is 2. The second kappa shape index (κ2) is 5.78. The molecule has 1 N–H and O–H groups in total. The van der Waals surface area contributed by atoms with Gasteiger partial charge in [0.2, 0.25) is 0 Å². The zero-order valence-electron chi connectivity index (χ0n) is 9.06. The Balaban J connectivity index is 2.53. The number of nitrogens with one attached hydrogen (secondary N) is 1. The van der Waals surface area contributed by atoms with Crippen molar-refractivity contribution in [3.63, 3.8) is 0 Å². The molecule has 0 aliphatic heterocycles. The van der Waals surface area contributed by atoms with Crippen molar-refractivity contribution in [3.05, 3.63) is 35.4 Å². The fourth-order valence-electron chi connectivity index (χ4n) is 1.40. The van der Waals surface area contributed by atoms with E-state index >= 15 is 0 Å². The van der Waals surface area contributed by atoms with Crippen LogP contribution < -0.4 is 5.32 Å². The minimum atomic E-state index is -0.386. The molecule has 0 bridgehead atoms. The van der Waals surface area contributed by atoms with E-state index < -0.39 is 0 Å². The molecule has 0 aliphatic rings. The maximum Gasteiger partial charge on any atom is 0.126 e. The maximum absolute atomic E-state index is 13.2. The van der Waals surface area contributed by atoms with Crippen LogP contribution >= 0.6 is 0 Å². The Morgan fingerprint density at radius 1 is 1.33 bits per heavy atom. The Morgan fingerprint density at radius 3 is 2.73 bits per heavy atom. The van der Waals surface area contributed by atoms with Crippen molar-refractivity contribution in [2.75, 3.05) is 27.3 Å². The number of benzene rings is 1. The summed E-state index contributed by atoms with van der Waals surface area (Å²) in [4.78, 5) is 2.00. The van der Waals surface area contributed by atoms with E-state index in [1.807, 2.05) is 19.0 Å². The van der Waals surface area contributed by atoms with Gasteiger partial charge in [-0.15, -0.1) is 0 Å². The number of hydrogen-bond acceptors (Lipinski definition) is 2. The minimum absolute atomic E-state index is 0.339. The first-order valence-electron chi connectivity index (χ1n) is 4.90. The van der Waals surface area contributed by atoms with Crippen LogP contribution in [0.3, 0.4) is 0 Å². The molecule has 0 aliphatic carbocycles. The van der Waals surface area contributed by atoms with Gasteiger partial charge in [0.05, 0.1) is 0 Å². The van der Waals surface area contributed by atoms with Crippen LogP contribution in [0.1, 0.15) is 5.56 Å². The van der Waals surface area contributed by atoms with Crippen LogP contribution in [0.25, 0.3) is 0 Å². The van der Waals surface area contributed by atoms with Gasteiger partial charge in [0.25, 0.3) is 0 Å². The SMILES string of the molecule is CNCN(C)CCc1cc(F)ccc1F. The molecule has 1 aromatic rings. The van der Waals surface area contributed by atoms with Gasteiger partial charge in [0, 0.05) is 13.2 Å². The molecule has 0 amide bonds. The molecule has 4 heteroatoms. The molecule has 84 valence electrons. The van der Waals surface area contributed by atoms with Crippen LogP contribution in [0.2, 0.25) is 0 Å². The Hall–Kier alpha value is -1.00. The lowest BCUT2D eigenvalue weighted by Crippen LogP contribution is -2.30. The van der Waals surface area contributed by atoms with Crippen molar-refractivity contribution in [3.8, 4) is 0 Å². The van der Waals surface area contributed by atoms with E-state index in [2.05, 4.69) is 5.32 Å². The average Bonchev–Trinajstić information content (AvgIpc) is 2.20. The standard InChI is InChI=1S/C11H16F2N2/c1-14-8-15(2)6-5-9-7-10(12)3-4-11(9)13/h3-4,7,14H,5-6,8H2,1-2H3. The van der Waals surface area contributed by atoms with E-state index in [9.17, 15) is 8.78 Å². The molecule has 0 aromatic heterocycles. The van der Waals surface area contributed by atoms with Gasteiger partial charge in [-0.05, 0) is 44.3 Å². The van der Waals surface area contributed by atoms with E-state index in [0.717, 1.165) is 12.7 Å². The largest absolute Gasteiger partial charge is 0.307 e. The highest BCUT2D eigenvalue weighted by Crippen LogP contribution is 2.10. The Labute approximate surface area is 88.9 Å². The van der Waals surface area contributed by atoms with Crippen molar-refractivity contribution in [1.29, 1.82) is 0 Å². The quantitative estimate of drug-likeness (QED) is 0.749. The topological polar surface area (TPSA) is 15.3 Å². The zero-order chi connectivity index (χ0) is 11.3. The summed E-state index contributed by atoms with van der Waals surface area (Å²) in [5.41, 5.74) is 0.429. The van der Waals surface area contributed by atoms with Crippen LogP contribution in [0.15, 0.2) is 18.2 Å². The van der Waals surface area contributed by atoms with Gasteiger partial charge < -0.3 is 5.32 Å². The monoisotopic (exact) mass is 214 g/mol. The van der Waals surface area contributed by atoms with Gasteiger partial charge in [-0.25, -0.2) is 8.78 Å². The van der Waals surface area contributed by atoms with E-state index in [0.29, 0.717) is 18.5 Å². The molecule has 0 saturated carbocycles. The fraction of sp³-hybridized carbons (Fsp3) is 0.455. The molecular weight excluding hydrogens is 198 g/mol. The van der Waals surface area contributed by atoms with Crippen molar-refractivity contribution in [2.45, 2.75) is 6.42 Å². The first-order chi connectivity index (χ1) is 7.13. The summed E-state index contributed by atoms with van der Waals surface area (Å²) in [7, 11) is 3.77. The highest BCUT2D eigenvalue weighted by molar-refractivity contribution is 5.18. The van der Waals surface area contributed by atoms with E-state index in [1.165, 1.54) is 12.1 Å². The van der Waals surface area contributed by atoms with Crippen molar-refractivity contribution >= 4 is 0 Å². The summed E-state index contributed by atoms with van der Waals surface area (Å²) < 4.78 is 26.0. The molecule has 0 atom stereocenters. The van der Waals surface area contributed by atoms with Crippen LogP contribution in [0, 0.1) is 11.6 Å². The predicted molar refractivity (Wildman–Crippen MR) is 56.6 cm³/mol. The molecule has 1 rings (SSSR count). The summed E-state index contributed by atoms with van der Waals surface area (Å²) in [6.45, 7) is 1.43. The van der Waals surface area contributed by atoms with E-state index in [-0.39, 0.29) is 11.6 Å². The average molecular weight is 214 g/mol. The van der Waals surface area contributed by atoms with Crippen molar-refractivity contribution < 1.29 is 8.78 Å². The molecule has 1 aromatic carbocycles. The summed E-state index contributed by atoms with van der Waals surface area (Å²) >= 11 is 0. The lowest BCUT2D eigenvalue weighted by Gasteiger charge is -2.15. The number of likely N-dealkylation sites (N-methyl/N-ethyl adjacent to an activating group) is 1. The molecule has 0 saturated heterocycles. The Kier molecular flexibility index (Phi) is 4.65. The smallest absolute Gasteiger partial charge is 0.126 e. The normalized spacial score (nSPS) is 11.0. The van der Waals surface area contributed by atoms with Gasteiger partial charge in [0.15, 0.2) is 0 Å². The molecular formula is C11H16F2N2. The molecule has 0 unspecified atom stereocenters. The van der Waals surface area contributed by atoms with E-state index in [4.69, 9.17) is 0 Å². The second-order valence-electron chi connectivity index (χ2n) is 3.58. The van der Waals surface area contributed by atoms with Gasteiger partial charge in [-0.3, -0.25) is 4.90 Å². The van der Waals surface area contributed by atoms with Crippen molar-refractivity contribution in [2.24, 2.45) is 0 Å². The van der Waals surface area contributed by atoms with Crippen LogP contribution in [0.5, 0.6) is 0 Å². The fourth-order valence-corrected chi connectivity index (χ4v) is 1.40. The van der Waals surface area contributed by atoms with Crippen LogP contribution in [-0.4, -0.2) is 32.2 Å². The van der Waals surface area contributed by atoms with E-state index in [1.54, 1.807) is 0 Å². The third-order valence-corrected chi connectivity index (χ3v) is 2.20. The highest BCUT2D eigenvalue weighted by Gasteiger charge is 2.05. The van der Waals surface area contributed by atoms with Crippen molar-refractivity contribution in [1.82, 2.24) is 10.2 Å². The van der Waals surface area contributed by atoms with Gasteiger partial charge in [-0.1, -0.05) is 0 Å². The zero-order valence-corrected chi connectivity index (χ0v) is 9.06. The maximum atomic E-state index is 13.2. The summed E-state index contributed by atoms with van der Waals surface area (Å²) in [6, 6.07) is 3.56. The highest BCUT2D eigenvalue weighted by atomic mass is 19.1. The lowest BCUT2D eigenvalue weighted by molar-refractivity contribution is 0.319. The summed E-state index contributed by atoms with van der Waals surface area (Å²) in [6.07, 6.45) is 0.516. The lowest BCUT2D eigenvalue weighted by atomic mass is 10.1. The summed E-state index contributed by atoms with van der Waals surface area (Å²) in [5.74, 6) is -0.725. The number of nitrogens with zero attached hydrogens (tertiary/aromatic N) is 1. The molecule has 15 heavy (non-hydrogen) atoms. The van der Waals surface area contributed by atoms with Crippen LogP contribution in [-0.2, 0) is 6.42 Å². The molecule has 0 radical (unpaired) electrons. The van der Waals surface area contributed by atoms with Gasteiger partial charge in [0.1, 0.15) is 11.6 Å². The summed E-state index contributed by atoms with van der Waals surface area (Å²) in [5, 5.41) is 2.99. The number of hydrogen-bond donors (Lipinski definition) is 1. The molecule has 2 nitrogen and oxygen atoms in total. The third-order valence-electron chi connectivity index (χ3n) is 2.20. The predicted octanol–water partition coefficient (Wildman–Crippen LogP) is 1.62. The molecule has 0 spiro atoms.